The van der Waals surface area contributed by atoms with Gasteiger partial charge in [-0.05, 0) is 31.9 Å². The Balaban J connectivity index is 2.61. The maximum atomic E-state index is 11.5. The van der Waals surface area contributed by atoms with E-state index in [0.717, 1.165) is 17.7 Å². The Kier molecular flexibility index (Phi) is 5.48. The van der Waals surface area contributed by atoms with E-state index in [2.05, 4.69) is 21.2 Å². The second-order valence-electron chi connectivity index (χ2n) is 4.04. The quantitative estimate of drug-likeness (QED) is 0.849. The minimum absolute atomic E-state index is 0.00685. The highest BCUT2D eigenvalue weighted by atomic mass is 79.9. The number of benzene rings is 1. The van der Waals surface area contributed by atoms with E-state index in [1.807, 2.05) is 38.1 Å². The highest BCUT2D eigenvalue weighted by Gasteiger charge is 2.13. The van der Waals surface area contributed by atoms with E-state index in [9.17, 15) is 4.79 Å². The van der Waals surface area contributed by atoms with Crippen LogP contribution in [0.3, 0.4) is 0 Å². The summed E-state index contributed by atoms with van der Waals surface area (Å²) in [6, 6.07) is 7.93. The molecule has 17 heavy (non-hydrogen) atoms. The molecule has 0 radical (unpaired) electrons. The summed E-state index contributed by atoms with van der Waals surface area (Å²) < 4.78 is 5.28. The molecule has 2 unspecified atom stereocenters. The van der Waals surface area contributed by atoms with Crippen molar-refractivity contribution in [2.75, 3.05) is 7.11 Å². The SMILES string of the molecule is COc1ccccc1CC(C)NC(=O)C(C)Br. The van der Waals surface area contributed by atoms with Gasteiger partial charge in [0.1, 0.15) is 5.75 Å². The van der Waals surface area contributed by atoms with E-state index in [1.54, 1.807) is 7.11 Å². The first kappa shape index (κ1) is 14.0. The number of nitrogens with one attached hydrogen (secondary N) is 1. The average Bonchev–Trinajstić information content (AvgIpc) is 2.29. The zero-order valence-electron chi connectivity index (χ0n) is 10.4. The highest BCUT2D eigenvalue weighted by molar-refractivity contribution is 9.10. The summed E-state index contributed by atoms with van der Waals surface area (Å²) in [7, 11) is 1.66. The second-order valence-corrected chi connectivity index (χ2v) is 5.42. The van der Waals surface area contributed by atoms with E-state index >= 15 is 0 Å². The average molecular weight is 300 g/mol. The molecule has 4 heteroatoms. The van der Waals surface area contributed by atoms with Gasteiger partial charge in [-0.15, -0.1) is 0 Å². The summed E-state index contributed by atoms with van der Waals surface area (Å²) in [5, 5.41) is 2.94. The van der Waals surface area contributed by atoms with E-state index in [0.29, 0.717) is 0 Å². The number of halogens is 1. The molecule has 94 valence electrons. The first-order valence-corrected chi connectivity index (χ1v) is 6.52. The molecule has 0 saturated heterocycles. The Hall–Kier alpha value is -1.03. The van der Waals surface area contributed by atoms with Crippen LogP contribution in [0, 0.1) is 0 Å². The van der Waals surface area contributed by atoms with Crippen molar-refractivity contribution in [3.8, 4) is 5.75 Å². The van der Waals surface area contributed by atoms with Gasteiger partial charge in [0.25, 0.3) is 0 Å². The first-order valence-electron chi connectivity index (χ1n) is 5.61. The molecular formula is C13H18BrNO2. The number of rotatable bonds is 5. The predicted octanol–water partition coefficient (Wildman–Crippen LogP) is 2.53. The monoisotopic (exact) mass is 299 g/mol. The molecular weight excluding hydrogens is 282 g/mol. The van der Waals surface area contributed by atoms with Crippen LogP contribution in [-0.4, -0.2) is 23.9 Å². The molecule has 0 heterocycles. The van der Waals surface area contributed by atoms with Crippen molar-refractivity contribution in [1.82, 2.24) is 5.32 Å². The van der Waals surface area contributed by atoms with E-state index in [-0.39, 0.29) is 16.8 Å². The highest BCUT2D eigenvalue weighted by Crippen LogP contribution is 2.18. The largest absolute Gasteiger partial charge is 0.496 e. The van der Waals surface area contributed by atoms with E-state index in [1.165, 1.54) is 0 Å². The van der Waals surface area contributed by atoms with Crippen LogP contribution in [0.4, 0.5) is 0 Å². The summed E-state index contributed by atoms with van der Waals surface area (Å²) >= 11 is 3.25. The molecule has 2 atom stereocenters. The third-order valence-corrected chi connectivity index (χ3v) is 2.88. The van der Waals surface area contributed by atoms with Crippen LogP contribution in [0.15, 0.2) is 24.3 Å². The van der Waals surface area contributed by atoms with Crippen LogP contribution in [0.1, 0.15) is 19.4 Å². The fourth-order valence-corrected chi connectivity index (χ4v) is 1.74. The lowest BCUT2D eigenvalue weighted by molar-refractivity contribution is -0.120. The number of para-hydroxylation sites is 1. The van der Waals surface area contributed by atoms with Gasteiger partial charge in [0.15, 0.2) is 0 Å². The van der Waals surface area contributed by atoms with Crippen LogP contribution < -0.4 is 10.1 Å². The number of ether oxygens (including phenoxy) is 1. The Morgan fingerprint density at radius 3 is 2.65 bits per heavy atom. The maximum Gasteiger partial charge on any atom is 0.233 e. The molecule has 0 aliphatic heterocycles. The number of hydrogen-bond donors (Lipinski definition) is 1. The first-order chi connectivity index (χ1) is 8.04. The molecule has 1 aromatic carbocycles. The van der Waals surface area contributed by atoms with Gasteiger partial charge in [-0.1, -0.05) is 34.1 Å². The van der Waals surface area contributed by atoms with Crippen molar-refractivity contribution in [2.45, 2.75) is 31.1 Å². The van der Waals surface area contributed by atoms with Crippen LogP contribution in [0.25, 0.3) is 0 Å². The summed E-state index contributed by atoms with van der Waals surface area (Å²) in [6.45, 7) is 3.80. The minimum atomic E-state index is -0.164. The van der Waals surface area contributed by atoms with Crippen LogP contribution in [0.2, 0.25) is 0 Å². The maximum absolute atomic E-state index is 11.5. The predicted molar refractivity (Wildman–Crippen MR) is 72.7 cm³/mol. The number of amides is 1. The van der Waals surface area contributed by atoms with Gasteiger partial charge in [-0.2, -0.15) is 0 Å². The van der Waals surface area contributed by atoms with Gasteiger partial charge in [-0.25, -0.2) is 0 Å². The zero-order chi connectivity index (χ0) is 12.8. The molecule has 0 spiro atoms. The Labute approximate surface area is 111 Å². The van der Waals surface area contributed by atoms with Gasteiger partial charge in [0, 0.05) is 6.04 Å². The van der Waals surface area contributed by atoms with Crippen molar-refractivity contribution < 1.29 is 9.53 Å². The third-order valence-electron chi connectivity index (χ3n) is 2.47. The summed E-state index contributed by atoms with van der Waals surface area (Å²) in [5.41, 5.74) is 1.10. The lowest BCUT2D eigenvalue weighted by Gasteiger charge is -2.16. The smallest absolute Gasteiger partial charge is 0.233 e. The van der Waals surface area contributed by atoms with Gasteiger partial charge in [-0.3, -0.25) is 4.79 Å². The van der Waals surface area contributed by atoms with E-state index in [4.69, 9.17) is 4.74 Å². The third kappa shape index (κ3) is 4.38. The summed E-state index contributed by atoms with van der Waals surface area (Å²) in [6.07, 6.45) is 0.759. The number of carbonyl (C=O) groups is 1. The zero-order valence-corrected chi connectivity index (χ0v) is 12.0. The second kappa shape index (κ2) is 6.64. The number of carbonyl (C=O) groups excluding carboxylic acids is 1. The Bertz CT molecular complexity index is 379. The molecule has 1 amide bonds. The van der Waals surface area contributed by atoms with Gasteiger partial charge >= 0.3 is 0 Å². The van der Waals surface area contributed by atoms with E-state index < -0.39 is 0 Å². The van der Waals surface area contributed by atoms with Gasteiger partial charge in [0.05, 0.1) is 11.9 Å². The van der Waals surface area contributed by atoms with Crippen molar-refractivity contribution in [3.05, 3.63) is 29.8 Å². The van der Waals surface area contributed by atoms with Gasteiger partial charge < -0.3 is 10.1 Å². The normalized spacial score (nSPS) is 13.9. The molecule has 0 aromatic heterocycles. The fourth-order valence-electron chi connectivity index (χ4n) is 1.61. The fraction of sp³-hybridized carbons (Fsp3) is 0.462. The van der Waals surface area contributed by atoms with Crippen LogP contribution >= 0.6 is 15.9 Å². The Morgan fingerprint density at radius 1 is 1.41 bits per heavy atom. The number of hydrogen-bond acceptors (Lipinski definition) is 2. The lowest BCUT2D eigenvalue weighted by atomic mass is 10.1. The summed E-state index contributed by atoms with van der Waals surface area (Å²) in [5.74, 6) is 0.868. The molecule has 0 aliphatic carbocycles. The molecule has 0 fully saturated rings. The standard InChI is InChI=1S/C13H18BrNO2/c1-9(15-13(16)10(2)14)8-11-6-4-5-7-12(11)17-3/h4-7,9-10H,8H2,1-3H3,(H,15,16). The van der Waals surface area contributed by atoms with Crippen molar-refractivity contribution in [2.24, 2.45) is 0 Å². The molecule has 1 N–H and O–H groups in total. The summed E-state index contributed by atoms with van der Waals surface area (Å²) in [4.78, 5) is 11.3. The number of alkyl halides is 1. The van der Waals surface area contributed by atoms with Crippen LogP contribution in [-0.2, 0) is 11.2 Å². The lowest BCUT2D eigenvalue weighted by Crippen LogP contribution is -2.37. The van der Waals surface area contributed by atoms with Crippen molar-refractivity contribution in [1.29, 1.82) is 0 Å². The molecule has 1 aromatic rings. The molecule has 3 nitrogen and oxygen atoms in total. The molecule has 1 rings (SSSR count). The number of methoxy groups -OCH3 is 1. The topological polar surface area (TPSA) is 38.3 Å². The van der Waals surface area contributed by atoms with Crippen molar-refractivity contribution in [3.63, 3.8) is 0 Å². The van der Waals surface area contributed by atoms with Crippen molar-refractivity contribution >= 4 is 21.8 Å². The molecule has 0 saturated carbocycles. The molecule has 0 aliphatic rings. The Morgan fingerprint density at radius 2 is 2.06 bits per heavy atom. The van der Waals surface area contributed by atoms with Crippen LogP contribution in [0.5, 0.6) is 5.75 Å². The molecule has 0 bridgehead atoms. The van der Waals surface area contributed by atoms with Gasteiger partial charge in [0.2, 0.25) is 5.91 Å². The minimum Gasteiger partial charge on any atom is -0.496 e.